The number of carbonyl (C=O) groups is 1. The highest BCUT2D eigenvalue weighted by Gasteiger charge is 2.12. The molecule has 0 saturated carbocycles. The van der Waals surface area contributed by atoms with Crippen LogP contribution in [-0.4, -0.2) is 15.9 Å². The van der Waals surface area contributed by atoms with Crippen molar-refractivity contribution < 1.29 is 4.79 Å². The number of hydrogen-bond donors (Lipinski definition) is 3. The average Bonchev–Trinajstić information content (AvgIpc) is 2.78. The van der Waals surface area contributed by atoms with E-state index in [-0.39, 0.29) is 11.5 Å². The van der Waals surface area contributed by atoms with Gasteiger partial charge in [-0.3, -0.25) is 9.59 Å². The molecule has 6 nitrogen and oxygen atoms in total. The van der Waals surface area contributed by atoms with E-state index in [9.17, 15) is 9.59 Å². The third-order valence-electron chi connectivity index (χ3n) is 5.18. The van der Waals surface area contributed by atoms with Crippen molar-refractivity contribution in [2.24, 2.45) is 0 Å². The fourth-order valence-electron chi connectivity index (χ4n) is 3.43. The van der Waals surface area contributed by atoms with Gasteiger partial charge in [0.25, 0.3) is 11.5 Å². The summed E-state index contributed by atoms with van der Waals surface area (Å²) < 4.78 is 0. The third kappa shape index (κ3) is 4.64. The first-order chi connectivity index (χ1) is 15.0. The van der Waals surface area contributed by atoms with Crippen LogP contribution in [0.3, 0.4) is 0 Å². The lowest BCUT2D eigenvalue weighted by Crippen LogP contribution is -2.24. The van der Waals surface area contributed by atoms with Crippen LogP contribution in [0, 0.1) is 13.8 Å². The van der Waals surface area contributed by atoms with Crippen LogP contribution < -0.4 is 16.2 Å². The Morgan fingerprint density at radius 3 is 2.52 bits per heavy atom. The molecule has 156 valence electrons. The Hall–Kier alpha value is -3.93. The van der Waals surface area contributed by atoms with Crippen molar-refractivity contribution in [3.63, 3.8) is 0 Å². The number of nitrogens with zero attached hydrogens (tertiary/aromatic N) is 1. The number of hydrogen-bond acceptors (Lipinski definition) is 4. The average molecular weight is 412 g/mol. The van der Waals surface area contributed by atoms with Gasteiger partial charge in [-0.2, -0.15) is 0 Å². The van der Waals surface area contributed by atoms with Gasteiger partial charge in [0.1, 0.15) is 5.82 Å². The van der Waals surface area contributed by atoms with E-state index in [0.717, 1.165) is 11.1 Å². The minimum atomic E-state index is -0.172. The van der Waals surface area contributed by atoms with Crippen molar-refractivity contribution in [2.45, 2.75) is 26.9 Å². The first-order valence-electron chi connectivity index (χ1n) is 10.2. The van der Waals surface area contributed by atoms with Gasteiger partial charge >= 0.3 is 0 Å². The van der Waals surface area contributed by atoms with Crippen LogP contribution >= 0.6 is 0 Å². The molecule has 0 fully saturated rings. The second kappa shape index (κ2) is 8.83. The lowest BCUT2D eigenvalue weighted by molar-refractivity contribution is 0.0951. The number of fused-ring (bicyclic) bond motifs is 1. The van der Waals surface area contributed by atoms with Gasteiger partial charge in [-0.1, -0.05) is 54.1 Å². The van der Waals surface area contributed by atoms with Gasteiger partial charge in [0.15, 0.2) is 0 Å². The van der Waals surface area contributed by atoms with Crippen molar-refractivity contribution in [3.8, 4) is 0 Å². The smallest absolute Gasteiger partial charge is 0.258 e. The summed E-state index contributed by atoms with van der Waals surface area (Å²) in [5.41, 5.74) is 4.89. The predicted molar refractivity (Wildman–Crippen MR) is 123 cm³/mol. The Bertz CT molecular complexity index is 1290. The minimum absolute atomic E-state index is 0.167. The highest BCUT2D eigenvalue weighted by atomic mass is 16.1. The summed E-state index contributed by atoms with van der Waals surface area (Å²) in [6, 6.07) is 20.9. The largest absolute Gasteiger partial charge is 0.377 e. The second-order valence-electron chi connectivity index (χ2n) is 7.55. The molecule has 0 atom stereocenters. The summed E-state index contributed by atoms with van der Waals surface area (Å²) in [6.07, 6.45) is 0. The maximum atomic E-state index is 12.8. The molecule has 0 radical (unpaired) electrons. The molecule has 0 spiro atoms. The third-order valence-corrected chi connectivity index (χ3v) is 5.18. The van der Waals surface area contributed by atoms with Crippen LogP contribution in [-0.2, 0) is 13.1 Å². The molecular formula is C25H24N4O2. The first-order valence-corrected chi connectivity index (χ1v) is 10.2. The number of aromatic amines is 1. The monoisotopic (exact) mass is 412 g/mol. The van der Waals surface area contributed by atoms with Gasteiger partial charge < -0.3 is 15.6 Å². The molecule has 4 rings (SSSR count). The molecule has 6 heteroatoms. The molecule has 0 aliphatic heterocycles. The number of rotatable bonds is 6. The van der Waals surface area contributed by atoms with Crippen molar-refractivity contribution in [2.75, 3.05) is 5.32 Å². The highest BCUT2D eigenvalue weighted by Crippen LogP contribution is 2.17. The molecule has 1 amide bonds. The molecule has 3 N–H and O–H groups in total. The molecular weight excluding hydrogens is 388 g/mol. The Kier molecular flexibility index (Phi) is 5.80. The van der Waals surface area contributed by atoms with Gasteiger partial charge in [-0.25, -0.2) is 4.98 Å². The summed E-state index contributed by atoms with van der Waals surface area (Å²) in [7, 11) is 0. The first kappa shape index (κ1) is 20.3. The van der Waals surface area contributed by atoms with Crippen LogP contribution in [0.1, 0.15) is 32.9 Å². The van der Waals surface area contributed by atoms with E-state index in [0.29, 0.717) is 41.1 Å². The number of nitrogens with one attached hydrogen (secondary N) is 3. The maximum absolute atomic E-state index is 12.8. The summed E-state index contributed by atoms with van der Waals surface area (Å²) in [6.45, 7) is 4.71. The number of amides is 1. The van der Waals surface area contributed by atoms with Crippen LogP contribution in [0.2, 0.25) is 0 Å². The number of H-pyrrole nitrogens is 1. The SMILES string of the molecule is Cc1ccc(CNC(=O)c2ccccc2NCc2nc3c(C)cccc3c(=O)[nH]2)cc1. The van der Waals surface area contributed by atoms with Crippen molar-refractivity contribution >= 4 is 22.5 Å². The normalized spacial score (nSPS) is 10.8. The lowest BCUT2D eigenvalue weighted by atomic mass is 10.1. The highest BCUT2D eigenvalue weighted by molar-refractivity contribution is 5.99. The maximum Gasteiger partial charge on any atom is 0.258 e. The van der Waals surface area contributed by atoms with Gasteiger partial charge in [-0.05, 0) is 43.2 Å². The standard InChI is InChI=1S/C25H24N4O2/c1-16-10-12-18(13-11-16)14-27-24(30)19-7-3-4-9-21(19)26-15-22-28-23-17(2)6-5-8-20(23)25(31)29-22/h3-13,26H,14-15H2,1-2H3,(H,27,30)(H,28,29,31). The van der Waals surface area contributed by atoms with E-state index >= 15 is 0 Å². The van der Waals surface area contributed by atoms with E-state index < -0.39 is 0 Å². The number of para-hydroxylation sites is 2. The number of carbonyl (C=O) groups excluding carboxylic acids is 1. The zero-order valence-corrected chi connectivity index (χ0v) is 17.5. The van der Waals surface area contributed by atoms with Crippen LogP contribution in [0.5, 0.6) is 0 Å². The molecule has 4 aromatic rings. The molecule has 31 heavy (non-hydrogen) atoms. The number of aromatic nitrogens is 2. The zero-order valence-electron chi connectivity index (χ0n) is 17.5. The van der Waals surface area contributed by atoms with Gasteiger partial charge in [0.2, 0.25) is 0 Å². The summed E-state index contributed by atoms with van der Waals surface area (Å²) in [5, 5.41) is 6.76. The quantitative estimate of drug-likeness (QED) is 0.445. The molecule has 1 aromatic heterocycles. The Morgan fingerprint density at radius 1 is 0.935 bits per heavy atom. The van der Waals surface area contributed by atoms with Crippen LogP contribution in [0.4, 0.5) is 5.69 Å². The number of aryl methyl sites for hydroxylation is 2. The van der Waals surface area contributed by atoms with E-state index in [2.05, 4.69) is 20.6 Å². The summed E-state index contributed by atoms with van der Waals surface area (Å²) >= 11 is 0. The summed E-state index contributed by atoms with van der Waals surface area (Å²) in [5.74, 6) is 0.348. The topological polar surface area (TPSA) is 86.9 Å². The predicted octanol–water partition coefficient (Wildman–Crippen LogP) is 4.08. The van der Waals surface area contributed by atoms with Crippen molar-refractivity contribution in [1.29, 1.82) is 0 Å². The lowest BCUT2D eigenvalue weighted by Gasteiger charge is -2.13. The van der Waals surface area contributed by atoms with Gasteiger partial charge in [-0.15, -0.1) is 0 Å². The van der Waals surface area contributed by atoms with E-state index in [1.165, 1.54) is 5.56 Å². The van der Waals surface area contributed by atoms with Crippen LogP contribution in [0.25, 0.3) is 10.9 Å². The molecule has 0 aliphatic rings. The molecule has 0 bridgehead atoms. The Labute approximate surface area is 180 Å². The zero-order chi connectivity index (χ0) is 21.8. The molecule has 0 unspecified atom stereocenters. The Balaban J connectivity index is 1.49. The van der Waals surface area contributed by atoms with Gasteiger partial charge in [0.05, 0.1) is 23.0 Å². The Morgan fingerprint density at radius 2 is 1.71 bits per heavy atom. The molecule has 3 aromatic carbocycles. The van der Waals surface area contributed by atoms with E-state index in [4.69, 9.17) is 0 Å². The fourth-order valence-corrected chi connectivity index (χ4v) is 3.43. The van der Waals surface area contributed by atoms with Crippen LogP contribution in [0.15, 0.2) is 71.5 Å². The minimum Gasteiger partial charge on any atom is -0.377 e. The molecule has 1 heterocycles. The fraction of sp³-hybridized carbons (Fsp3) is 0.160. The van der Waals surface area contributed by atoms with E-state index in [1.54, 1.807) is 12.1 Å². The van der Waals surface area contributed by atoms with Crippen molar-refractivity contribution in [3.05, 3.63) is 105 Å². The molecule has 0 saturated heterocycles. The van der Waals surface area contributed by atoms with Gasteiger partial charge in [0, 0.05) is 12.2 Å². The molecule has 0 aliphatic carbocycles. The van der Waals surface area contributed by atoms with E-state index in [1.807, 2.05) is 68.4 Å². The number of anilines is 1. The number of benzene rings is 3. The summed E-state index contributed by atoms with van der Waals surface area (Å²) in [4.78, 5) is 32.6. The second-order valence-corrected chi connectivity index (χ2v) is 7.55. The van der Waals surface area contributed by atoms with Crippen molar-refractivity contribution in [1.82, 2.24) is 15.3 Å².